The summed E-state index contributed by atoms with van der Waals surface area (Å²) in [7, 11) is 0. The number of benzene rings is 1. The van der Waals surface area contributed by atoms with Crippen LogP contribution in [0.3, 0.4) is 0 Å². The van der Waals surface area contributed by atoms with Crippen molar-refractivity contribution in [1.82, 2.24) is 0 Å². The van der Waals surface area contributed by atoms with Crippen molar-refractivity contribution in [3.05, 3.63) is 35.4 Å². The molecule has 0 aliphatic heterocycles. The van der Waals surface area contributed by atoms with Crippen LogP contribution in [-0.4, -0.2) is 46.9 Å². The zero-order chi connectivity index (χ0) is 24.6. The van der Waals surface area contributed by atoms with E-state index in [0.29, 0.717) is 25.3 Å². The first-order valence-electron chi connectivity index (χ1n) is 9.51. The van der Waals surface area contributed by atoms with Crippen molar-refractivity contribution in [2.75, 3.05) is 6.54 Å². The predicted octanol–water partition coefficient (Wildman–Crippen LogP) is -6.91. The normalized spacial score (nSPS) is 10.9. The third-order valence-electron chi connectivity index (χ3n) is 3.75. The van der Waals surface area contributed by atoms with Gasteiger partial charge >= 0.3 is 65.3 Å². The number of guanidine groups is 1. The van der Waals surface area contributed by atoms with E-state index in [-0.39, 0.29) is 65.1 Å². The topological polar surface area (TPSA) is 228 Å². The van der Waals surface area contributed by atoms with E-state index in [1.807, 2.05) is 24.3 Å². The fourth-order valence-electron chi connectivity index (χ4n) is 2.19. The number of aliphatic carboxylic acids is 2. The van der Waals surface area contributed by atoms with Gasteiger partial charge in [-0.3, -0.25) is 4.99 Å². The Morgan fingerprint density at radius 2 is 1.42 bits per heavy atom. The molecule has 1 aromatic carbocycles. The van der Waals surface area contributed by atoms with Crippen molar-refractivity contribution in [3.63, 3.8) is 0 Å². The molecule has 2 atom stereocenters. The Morgan fingerprint density at radius 1 is 0.970 bits per heavy atom. The van der Waals surface area contributed by atoms with E-state index in [2.05, 4.69) is 18.8 Å². The Kier molecular flexibility index (Phi) is 26.5. The Hall–Kier alpha value is -1.34. The van der Waals surface area contributed by atoms with Gasteiger partial charge in [0.15, 0.2) is 5.96 Å². The third-order valence-corrected chi connectivity index (χ3v) is 3.75. The fraction of sp³-hybridized carbons (Fsp3) is 0.500. The predicted molar refractivity (Wildman–Crippen MR) is 112 cm³/mol. The van der Waals surface area contributed by atoms with E-state index in [0.717, 1.165) is 12.0 Å². The second kappa shape index (κ2) is 22.5. The van der Waals surface area contributed by atoms with Gasteiger partial charge in [-0.2, -0.15) is 0 Å². The summed E-state index contributed by atoms with van der Waals surface area (Å²) in [6.45, 7) is 6.37. The molecule has 0 spiro atoms. The second-order valence-corrected chi connectivity index (χ2v) is 7.04. The van der Waals surface area contributed by atoms with E-state index in [1.54, 1.807) is 6.92 Å². The summed E-state index contributed by atoms with van der Waals surface area (Å²) in [4.78, 5) is 33.0. The molecule has 0 aliphatic rings. The molecule has 11 nitrogen and oxygen atoms in total. The molecular formula is C20H32N4Na2O7. The van der Waals surface area contributed by atoms with Gasteiger partial charge in [0, 0.05) is 24.5 Å². The van der Waals surface area contributed by atoms with Crippen LogP contribution in [0.1, 0.15) is 50.7 Å². The maximum Gasteiger partial charge on any atom is 1.00 e. The number of carboxylic acid groups (broad SMARTS) is 4. The van der Waals surface area contributed by atoms with Crippen molar-refractivity contribution in [1.29, 1.82) is 0 Å². The van der Waals surface area contributed by atoms with Crippen molar-refractivity contribution >= 4 is 24.1 Å². The number of nitrogens with two attached hydrogens (primary N) is 3. The minimum absolute atomic E-state index is 0. The van der Waals surface area contributed by atoms with Crippen molar-refractivity contribution in [2.24, 2.45) is 28.1 Å². The van der Waals surface area contributed by atoms with Crippen LogP contribution >= 0.6 is 0 Å². The summed E-state index contributed by atoms with van der Waals surface area (Å²) in [6, 6.07) is 6.80. The van der Waals surface area contributed by atoms with E-state index in [1.165, 1.54) is 5.56 Å². The molecule has 0 saturated carbocycles. The van der Waals surface area contributed by atoms with Crippen LogP contribution in [0.15, 0.2) is 29.3 Å². The van der Waals surface area contributed by atoms with E-state index >= 15 is 0 Å². The fourth-order valence-corrected chi connectivity index (χ4v) is 2.19. The van der Waals surface area contributed by atoms with Crippen LogP contribution in [0.25, 0.3) is 0 Å². The summed E-state index contributed by atoms with van der Waals surface area (Å²) in [6.07, 6.45) is 0.0478. The zero-order valence-corrected chi connectivity index (χ0v) is 24.0. The maximum atomic E-state index is 10.7. The number of carbonyl (C=O) groups is 3. The minimum atomic E-state index is -1.83. The average Bonchev–Trinajstić information content (AvgIpc) is 2.64. The third kappa shape index (κ3) is 25.1. The van der Waals surface area contributed by atoms with Crippen LogP contribution in [0.2, 0.25) is 0 Å². The Bertz CT molecular complexity index is 709. The molecule has 33 heavy (non-hydrogen) atoms. The number of nitrogens with zero attached hydrogens (tertiary/aromatic N) is 1. The molecule has 13 heteroatoms. The van der Waals surface area contributed by atoms with Gasteiger partial charge in [-0.15, -0.1) is 0 Å². The SMILES string of the molecule is CC(C)Cc1ccc(C(C)C(=O)[O-])cc1.NC(N)=NCCC[C@H](N)C(=O)[O-].O=C(O)O.[Na+].[Na+]. The zero-order valence-electron chi connectivity index (χ0n) is 20.0. The summed E-state index contributed by atoms with van der Waals surface area (Å²) < 4.78 is 0. The van der Waals surface area contributed by atoms with Gasteiger partial charge in [-0.05, 0) is 36.3 Å². The summed E-state index contributed by atoms with van der Waals surface area (Å²) in [5, 5.41) is 34.7. The van der Waals surface area contributed by atoms with Crippen LogP contribution in [0.4, 0.5) is 4.79 Å². The average molecular weight is 486 g/mol. The molecule has 0 aromatic heterocycles. The van der Waals surface area contributed by atoms with Gasteiger partial charge in [0.2, 0.25) is 0 Å². The van der Waals surface area contributed by atoms with Crippen molar-refractivity contribution < 1.29 is 93.9 Å². The first-order chi connectivity index (χ1) is 14.3. The number of aliphatic imine (C=N–C) groups is 1. The van der Waals surface area contributed by atoms with Gasteiger partial charge < -0.3 is 47.2 Å². The van der Waals surface area contributed by atoms with E-state index in [9.17, 15) is 19.8 Å². The number of hydrogen-bond acceptors (Lipinski definition) is 7. The van der Waals surface area contributed by atoms with Gasteiger partial charge in [-0.1, -0.05) is 45.0 Å². The first kappa shape index (κ1) is 38.9. The maximum absolute atomic E-state index is 10.7. The summed E-state index contributed by atoms with van der Waals surface area (Å²) >= 11 is 0. The van der Waals surface area contributed by atoms with Crippen LogP contribution < -0.4 is 86.5 Å². The molecule has 1 aromatic rings. The number of carboxylic acids is 2. The Morgan fingerprint density at radius 3 is 1.76 bits per heavy atom. The van der Waals surface area contributed by atoms with Gasteiger partial charge in [0.05, 0.1) is 5.97 Å². The smallest absolute Gasteiger partial charge is 0.550 e. The number of carbonyl (C=O) groups excluding carboxylic acids is 2. The van der Waals surface area contributed by atoms with Crippen LogP contribution in [0.5, 0.6) is 0 Å². The molecule has 0 bridgehead atoms. The number of hydrogen-bond donors (Lipinski definition) is 5. The first-order valence-corrected chi connectivity index (χ1v) is 9.51. The molecule has 8 N–H and O–H groups in total. The van der Waals surface area contributed by atoms with Gasteiger partial charge in [0.25, 0.3) is 0 Å². The molecule has 0 heterocycles. The molecule has 1 unspecified atom stereocenters. The van der Waals surface area contributed by atoms with Gasteiger partial charge in [-0.25, -0.2) is 4.79 Å². The van der Waals surface area contributed by atoms with Gasteiger partial charge in [0.1, 0.15) is 0 Å². The molecule has 1 rings (SSSR count). The minimum Gasteiger partial charge on any atom is -0.550 e. The molecule has 0 saturated heterocycles. The Labute approximate surface area is 238 Å². The van der Waals surface area contributed by atoms with Crippen molar-refractivity contribution in [2.45, 2.75) is 52.0 Å². The standard InChI is InChI=1S/C13H18O2.C6H14N4O2.CH2O3.2Na/c1-9(2)8-11-4-6-12(7-5-11)10(3)13(14)15;7-4(5(11)12)2-1-3-10-6(8)9;2-1(3)4;;/h4-7,9-10H,8H2,1-3H3,(H,14,15);4H,1-3,7H2,(H,11,12)(H4,8,9,10);(H2,2,3,4);;/q;;;2*+1/p-2/t;4-;;;/m.0.../s1. The monoisotopic (exact) mass is 486 g/mol. The van der Waals surface area contributed by atoms with E-state index in [4.69, 9.17) is 32.2 Å². The molecule has 176 valence electrons. The largest absolute Gasteiger partial charge is 1.00 e. The molecule has 0 radical (unpaired) electrons. The second-order valence-electron chi connectivity index (χ2n) is 7.04. The molecule has 0 aliphatic carbocycles. The number of rotatable bonds is 9. The molecule has 0 fully saturated rings. The van der Waals surface area contributed by atoms with Crippen molar-refractivity contribution in [3.8, 4) is 0 Å². The quantitative estimate of drug-likeness (QED) is 0.0958. The summed E-state index contributed by atoms with van der Waals surface area (Å²) in [5.74, 6) is -2.18. The Balaban J connectivity index is -0.000000212. The molecular weight excluding hydrogens is 454 g/mol. The van der Waals surface area contributed by atoms with Crippen LogP contribution in [0, 0.1) is 5.92 Å². The molecule has 0 amide bonds. The van der Waals surface area contributed by atoms with E-state index < -0.39 is 30.1 Å². The van der Waals surface area contributed by atoms with Crippen LogP contribution in [-0.2, 0) is 16.0 Å². The summed E-state index contributed by atoms with van der Waals surface area (Å²) in [5.41, 5.74) is 17.3.